The number of benzene rings is 1. The molecule has 1 aliphatic heterocycles. The topological polar surface area (TPSA) is 85.1 Å². The second kappa shape index (κ2) is 5.74. The number of nitrogens with two attached hydrogens (primary N) is 1. The molecule has 24 heavy (non-hydrogen) atoms. The smallest absolute Gasteiger partial charge is 0.225 e. The minimum atomic E-state index is -0.121. The Hall–Kier alpha value is -2.69. The number of pyridine rings is 1. The van der Waals surface area contributed by atoms with Crippen LogP contribution in [-0.2, 0) is 22.4 Å². The highest BCUT2D eigenvalue weighted by Gasteiger charge is 2.58. The normalized spacial score (nSPS) is 25.3. The van der Waals surface area contributed by atoms with Crippen LogP contribution in [-0.4, -0.2) is 16.8 Å². The summed E-state index contributed by atoms with van der Waals surface area (Å²) in [6.07, 6.45) is 4.13. The second-order valence-corrected chi connectivity index (χ2v) is 6.58. The Labute approximate surface area is 140 Å². The molecule has 122 valence electrons. The van der Waals surface area contributed by atoms with Gasteiger partial charge in [-0.05, 0) is 47.4 Å². The molecule has 2 aliphatic carbocycles. The molecule has 1 saturated carbocycles. The molecule has 0 saturated heterocycles. The van der Waals surface area contributed by atoms with Gasteiger partial charge >= 0.3 is 0 Å². The lowest BCUT2D eigenvalue weighted by atomic mass is 10.0. The summed E-state index contributed by atoms with van der Waals surface area (Å²) < 4.78 is 0. The molecule has 3 unspecified atom stereocenters. The minimum Gasteiger partial charge on any atom is -0.369 e. The summed E-state index contributed by atoms with van der Waals surface area (Å²) in [4.78, 5) is 25.9. The van der Waals surface area contributed by atoms with Crippen LogP contribution >= 0.6 is 0 Å². The van der Waals surface area contributed by atoms with Gasteiger partial charge in [-0.3, -0.25) is 9.59 Å². The first-order valence-corrected chi connectivity index (χ1v) is 8.26. The fourth-order valence-electron chi connectivity index (χ4n) is 3.93. The number of aromatic nitrogens is 1. The molecule has 2 amide bonds. The van der Waals surface area contributed by atoms with Gasteiger partial charge in [0.15, 0.2) is 0 Å². The molecule has 3 aliphatic rings. The Morgan fingerprint density at radius 1 is 1.12 bits per heavy atom. The molecule has 2 aromatic rings. The molecule has 0 radical (unpaired) electrons. The van der Waals surface area contributed by atoms with Crippen molar-refractivity contribution in [2.75, 3.05) is 5.32 Å². The molecule has 0 bridgehead atoms. The maximum Gasteiger partial charge on any atom is 0.225 e. The first-order chi connectivity index (χ1) is 11.6. The largest absolute Gasteiger partial charge is 0.369 e. The summed E-state index contributed by atoms with van der Waals surface area (Å²) in [5.74, 6) is 1.78. The SMILES string of the molecule is NC(=O)C1C2Cc3ccccc3C21.O=C1CCc2cccnc2N1. The van der Waals surface area contributed by atoms with E-state index >= 15 is 0 Å². The molecule has 3 atom stereocenters. The average molecular weight is 321 g/mol. The maximum absolute atomic E-state index is 11.0. The van der Waals surface area contributed by atoms with Gasteiger partial charge in [0.1, 0.15) is 5.82 Å². The standard InChI is InChI=1S/C11H11NO.C8H8N2O/c12-11(13)10-8-5-6-3-1-2-4-7(6)9(8)10;11-7-4-3-6-2-1-5-9-8(6)10-7/h1-4,8-10H,5H2,(H2,12,13);1-2,5H,3-4H2,(H,9,10,11). The molecule has 1 aromatic heterocycles. The van der Waals surface area contributed by atoms with Crippen LogP contribution < -0.4 is 11.1 Å². The maximum atomic E-state index is 11.0. The van der Waals surface area contributed by atoms with Crippen LogP contribution in [0.2, 0.25) is 0 Å². The number of aryl methyl sites for hydroxylation is 1. The van der Waals surface area contributed by atoms with E-state index in [1.165, 1.54) is 11.1 Å². The van der Waals surface area contributed by atoms with Crippen molar-refractivity contribution in [1.82, 2.24) is 4.98 Å². The van der Waals surface area contributed by atoms with Crippen LogP contribution in [0.15, 0.2) is 42.6 Å². The average Bonchev–Trinajstić information content (AvgIpc) is 3.19. The van der Waals surface area contributed by atoms with Crippen molar-refractivity contribution in [3.05, 3.63) is 59.3 Å². The van der Waals surface area contributed by atoms with Crippen LogP contribution in [0.1, 0.15) is 29.0 Å². The van der Waals surface area contributed by atoms with E-state index in [0.29, 0.717) is 18.3 Å². The van der Waals surface area contributed by atoms with Gasteiger partial charge in [0.2, 0.25) is 11.8 Å². The summed E-state index contributed by atoms with van der Waals surface area (Å²) >= 11 is 0. The van der Waals surface area contributed by atoms with Gasteiger partial charge in [-0.15, -0.1) is 0 Å². The number of anilines is 1. The van der Waals surface area contributed by atoms with Crippen molar-refractivity contribution in [3.63, 3.8) is 0 Å². The molecule has 5 heteroatoms. The molecule has 5 rings (SSSR count). The van der Waals surface area contributed by atoms with Crippen LogP contribution in [0.5, 0.6) is 0 Å². The molecule has 3 N–H and O–H groups in total. The number of primary amides is 1. The molecular formula is C19H19N3O2. The van der Waals surface area contributed by atoms with E-state index in [1.807, 2.05) is 18.2 Å². The summed E-state index contributed by atoms with van der Waals surface area (Å²) in [6.45, 7) is 0. The highest BCUT2D eigenvalue weighted by atomic mass is 16.2. The van der Waals surface area contributed by atoms with E-state index in [1.54, 1.807) is 6.20 Å². The molecular weight excluding hydrogens is 302 g/mol. The van der Waals surface area contributed by atoms with Crippen LogP contribution in [0.3, 0.4) is 0 Å². The third kappa shape index (κ3) is 2.56. The number of fused-ring (bicyclic) bond motifs is 4. The zero-order valence-electron chi connectivity index (χ0n) is 13.2. The van der Waals surface area contributed by atoms with E-state index in [0.717, 1.165) is 24.2 Å². The number of hydrogen-bond donors (Lipinski definition) is 2. The van der Waals surface area contributed by atoms with Gasteiger partial charge in [-0.1, -0.05) is 30.3 Å². The fraction of sp³-hybridized carbons (Fsp3) is 0.316. The van der Waals surface area contributed by atoms with Crippen LogP contribution in [0.4, 0.5) is 5.82 Å². The monoisotopic (exact) mass is 321 g/mol. The second-order valence-electron chi connectivity index (χ2n) is 6.58. The fourth-order valence-corrected chi connectivity index (χ4v) is 3.93. The highest BCUT2D eigenvalue weighted by Crippen LogP contribution is 2.60. The van der Waals surface area contributed by atoms with E-state index in [-0.39, 0.29) is 17.7 Å². The van der Waals surface area contributed by atoms with Gasteiger partial charge in [0.05, 0.1) is 0 Å². The van der Waals surface area contributed by atoms with Gasteiger partial charge in [-0.2, -0.15) is 0 Å². The zero-order chi connectivity index (χ0) is 16.7. The third-order valence-corrected chi connectivity index (χ3v) is 5.14. The molecule has 1 aromatic carbocycles. The van der Waals surface area contributed by atoms with Crippen molar-refractivity contribution in [1.29, 1.82) is 0 Å². The first kappa shape index (κ1) is 14.9. The quantitative estimate of drug-likeness (QED) is 0.842. The number of carbonyl (C=O) groups excluding carboxylic acids is 2. The highest BCUT2D eigenvalue weighted by molar-refractivity contribution is 5.92. The van der Waals surface area contributed by atoms with Crippen molar-refractivity contribution in [2.24, 2.45) is 17.6 Å². The third-order valence-electron chi connectivity index (χ3n) is 5.14. The molecule has 1 fully saturated rings. The summed E-state index contributed by atoms with van der Waals surface area (Å²) in [6, 6.07) is 12.3. The van der Waals surface area contributed by atoms with Gasteiger partial charge in [-0.25, -0.2) is 4.98 Å². The van der Waals surface area contributed by atoms with Crippen LogP contribution in [0.25, 0.3) is 0 Å². The Morgan fingerprint density at radius 2 is 1.92 bits per heavy atom. The molecule has 0 spiro atoms. The minimum absolute atomic E-state index is 0.0659. The lowest BCUT2D eigenvalue weighted by molar-refractivity contribution is -0.119. The summed E-state index contributed by atoms with van der Waals surface area (Å²) in [7, 11) is 0. The van der Waals surface area contributed by atoms with Crippen molar-refractivity contribution < 1.29 is 9.59 Å². The predicted molar refractivity (Wildman–Crippen MR) is 90.2 cm³/mol. The molecule has 5 nitrogen and oxygen atoms in total. The number of rotatable bonds is 1. The number of hydrogen-bond acceptors (Lipinski definition) is 3. The lowest BCUT2D eigenvalue weighted by Gasteiger charge is -2.13. The predicted octanol–water partition coefficient (Wildman–Crippen LogP) is 2.02. The van der Waals surface area contributed by atoms with E-state index in [4.69, 9.17) is 5.73 Å². The molecule has 2 heterocycles. The van der Waals surface area contributed by atoms with Crippen molar-refractivity contribution in [3.8, 4) is 0 Å². The van der Waals surface area contributed by atoms with Crippen molar-refractivity contribution in [2.45, 2.75) is 25.2 Å². The van der Waals surface area contributed by atoms with E-state index in [2.05, 4.69) is 28.5 Å². The Kier molecular flexibility index (Phi) is 3.56. The summed E-state index contributed by atoms with van der Waals surface area (Å²) in [5, 5.41) is 2.71. The lowest BCUT2D eigenvalue weighted by Crippen LogP contribution is -2.19. The Morgan fingerprint density at radius 3 is 2.75 bits per heavy atom. The van der Waals surface area contributed by atoms with Crippen LogP contribution in [0, 0.1) is 11.8 Å². The number of nitrogens with zero attached hydrogens (tertiary/aromatic N) is 1. The number of carbonyl (C=O) groups is 2. The summed E-state index contributed by atoms with van der Waals surface area (Å²) in [5.41, 5.74) is 9.21. The number of nitrogens with one attached hydrogen (secondary N) is 1. The number of amides is 2. The van der Waals surface area contributed by atoms with Gasteiger partial charge in [0, 0.05) is 18.5 Å². The Bertz CT molecular complexity index is 818. The zero-order valence-corrected chi connectivity index (χ0v) is 13.2. The van der Waals surface area contributed by atoms with E-state index in [9.17, 15) is 9.59 Å². The van der Waals surface area contributed by atoms with E-state index < -0.39 is 0 Å². The van der Waals surface area contributed by atoms with Crippen molar-refractivity contribution >= 4 is 17.6 Å². The Balaban J connectivity index is 0.000000123. The first-order valence-electron chi connectivity index (χ1n) is 8.26. The van der Waals surface area contributed by atoms with Gasteiger partial charge < -0.3 is 11.1 Å². The van der Waals surface area contributed by atoms with Gasteiger partial charge in [0.25, 0.3) is 0 Å².